The molecule has 0 radical (unpaired) electrons. The number of carbonyl (C=O) groups excluding carboxylic acids is 2. The van der Waals surface area contributed by atoms with E-state index in [-0.39, 0.29) is 30.8 Å². The van der Waals surface area contributed by atoms with Crippen molar-refractivity contribution >= 4 is 12.1 Å². The molecule has 2 heterocycles. The van der Waals surface area contributed by atoms with Gasteiger partial charge in [0.25, 0.3) is 0 Å². The molecule has 1 N–H and O–H groups in total. The summed E-state index contributed by atoms with van der Waals surface area (Å²) in [6, 6.07) is 9.05. The third-order valence-electron chi connectivity index (χ3n) is 4.24. The average Bonchev–Trinajstić information content (AvgIpc) is 3.14. The smallest absolute Gasteiger partial charge is 0.407 e. The Hall–Kier alpha value is -2.08. The van der Waals surface area contributed by atoms with E-state index in [2.05, 4.69) is 5.32 Å². The van der Waals surface area contributed by atoms with Gasteiger partial charge < -0.3 is 19.5 Å². The zero-order chi connectivity index (χ0) is 15.5. The summed E-state index contributed by atoms with van der Waals surface area (Å²) in [5.74, 6) is -0.798. The van der Waals surface area contributed by atoms with E-state index in [4.69, 9.17) is 14.2 Å². The van der Waals surface area contributed by atoms with Crippen LogP contribution in [0.4, 0.5) is 4.79 Å². The molecule has 2 aliphatic heterocycles. The number of methoxy groups -OCH3 is 1. The van der Waals surface area contributed by atoms with Gasteiger partial charge in [-0.1, -0.05) is 30.3 Å². The standard InChI is InChI=1S/C16H19NO5/c1-20-15(18)13-11-7-8-12(22-11)14(13)17-16(19)21-9-10-5-3-2-4-6-10/h2-6,11-14H,7-9H2,1H3,(H,17,19)/t11-,12+,13+,14-/m1/s1. The van der Waals surface area contributed by atoms with Crippen LogP contribution >= 0.6 is 0 Å². The van der Waals surface area contributed by atoms with Crippen LogP contribution < -0.4 is 5.32 Å². The number of fused-ring (bicyclic) bond motifs is 2. The molecule has 6 nitrogen and oxygen atoms in total. The summed E-state index contributed by atoms with van der Waals surface area (Å²) in [6.07, 6.45) is 0.804. The van der Waals surface area contributed by atoms with Crippen LogP contribution in [0.25, 0.3) is 0 Å². The minimum Gasteiger partial charge on any atom is -0.469 e. The molecule has 0 aromatic heterocycles. The first-order valence-electron chi connectivity index (χ1n) is 7.39. The van der Waals surface area contributed by atoms with Crippen molar-refractivity contribution in [1.82, 2.24) is 5.32 Å². The topological polar surface area (TPSA) is 73.9 Å². The normalized spacial score (nSPS) is 29.1. The number of alkyl carbamates (subject to hydrolysis) is 1. The molecule has 1 aromatic rings. The number of amides is 1. The number of ether oxygens (including phenoxy) is 3. The van der Waals surface area contributed by atoms with Crippen LogP contribution in [-0.2, 0) is 25.6 Å². The van der Waals surface area contributed by atoms with Crippen molar-refractivity contribution in [2.24, 2.45) is 5.92 Å². The first kappa shape index (κ1) is 14.8. The maximum atomic E-state index is 12.0. The monoisotopic (exact) mass is 305 g/mol. The van der Waals surface area contributed by atoms with Crippen LogP contribution in [0, 0.1) is 5.92 Å². The molecule has 0 spiro atoms. The molecule has 6 heteroatoms. The van der Waals surface area contributed by atoms with Gasteiger partial charge in [-0.2, -0.15) is 0 Å². The molecule has 2 aliphatic rings. The first-order chi connectivity index (χ1) is 10.7. The zero-order valence-electron chi connectivity index (χ0n) is 12.4. The van der Waals surface area contributed by atoms with Gasteiger partial charge >= 0.3 is 12.1 Å². The average molecular weight is 305 g/mol. The van der Waals surface area contributed by atoms with Gasteiger partial charge in [0.05, 0.1) is 25.4 Å². The number of nitrogens with one attached hydrogen (secondary N) is 1. The minimum atomic E-state index is -0.543. The van der Waals surface area contributed by atoms with Crippen molar-refractivity contribution in [3.05, 3.63) is 35.9 Å². The molecule has 1 aromatic carbocycles. The van der Waals surface area contributed by atoms with E-state index in [0.717, 1.165) is 18.4 Å². The Kier molecular flexibility index (Phi) is 4.29. The van der Waals surface area contributed by atoms with E-state index in [1.165, 1.54) is 7.11 Å². The van der Waals surface area contributed by atoms with Crippen molar-refractivity contribution < 1.29 is 23.8 Å². The molecular formula is C16H19NO5. The fraction of sp³-hybridized carbons (Fsp3) is 0.500. The summed E-state index contributed by atoms with van der Waals surface area (Å²) in [6.45, 7) is 0.192. The van der Waals surface area contributed by atoms with Crippen LogP contribution in [-0.4, -0.2) is 37.4 Å². The Labute approximate surface area is 128 Å². The number of carbonyl (C=O) groups is 2. The Morgan fingerprint density at radius 1 is 1.23 bits per heavy atom. The fourth-order valence-electron chi connectivity index (χ4n) is 3.20. The lowest BCUT2D eigenvalue weighted by Gasteiger charge is -2.26. The van der Waals surface area contributed by atoms with Gasteiger partial charge in [0, 0.05) is 0 Å². The van der Waals surface area contributed by atoms with Gasteiger partial charge in [-0.25, -0.2) is 4.79 Å². The van der Waals surface area contributed by atoms with Gasteiger partial charge in [0.1, 0.15) is 12.5 Å². The van der Waals surface area contributed by atoms with Crippen molar-refractivity contribution in [1.29, 1.82) is 0 Å². The van der Waals surface area contributed by atoms with Crippen LogP contribution in [0.2, 0.25) is 0 Å². The van der Waals surface area contributed by atoms with Gasteiger partial charge in [0.2, 0.25) is 0 Å². The molecule has 2 saturated heterocycles. The van der Waals surface area contributed by atoms with E-state index in [1.54, 1.807) is 0 Å². The molecule has 2 bridgehead atoms. The summed E-state index contributed by atoms with van der Waals surface area (Å²) in [5, 5.41) is 2.76. The highest BCUT2D eigenvalue weighted by Crippen LogP contribution is 2.39. The summed E-state index contributed by atoms with van der Waals surface area (Å²) >= 11 is 0. The SMILES string of the molecule is COC(=O)[C@@H]1[C@H](NC(=O)OCc2ccccc2)[C@@H]2CC[C@H]1O2. The van der Waals surface area contributed by atoms with E-state index in [9.17, 15) is 9.59 Å². The zero-order valence-corrected chi connectivity index (χ0v) is 12.4. The van der Waals surface area contributed by atoms with Gasteiger partial charge in [-0.05, 0) is 18.4 Å². The summed E-state index contributed by atoms with van der Waals surface area (Å²) in [4.78, 5) is 23.8. The van der Waals surface area contributed by atoms with Gasteiger partial charge in [-0.3, -0.25) is 4.79 Å². The van der Waals surface area contributed by atoms with Gasteiger partial charge in [0.15, 0.2) is 0 Å². The Morgan fingerprint density at radius 2 is 1.95 bits per heavy atom. The molecular weight excluding hydrogens is 286 g/mol. The number of rotatable bonds is 4. The van der Waals surface area contributed by atoms with E-state index in [1.807, 2.05) is 30.3 Å². The molecule has 0 saturated carbocycles. The number of hydrogen-bond acceptors (Lipinski definition) is 5. The third kappa shape index (κ3) is 2.92. The first-order valence-corrected chi connectivity index (χ1v) is 7.39. The molecule has 2 fully saturated rings. The second-order valence-corrected chi connectivity index (χ2v) is 5.57. The summed E-state index contributed by atoms with van der Waals surface area (Å²) in [5.41, 5.74) is 0.909. The molecule has 3 rings (SSSR count). The fourth-order valence-corrected chi connectivity index (χ4v) is 3.20. The molecule has 1 amide bonds. The second-order valence-electron chi connectivity index (χ2n) is 5.57. The van der Waals surface area contributed by atoms with E-state index >= 15 is 0 Å². The lowest BCUT2D eigenvalue weighted by atomic mass is 9.84. The summed E-state index contributed by atoms with van der Waals surface area (Å²) in [7, 11) is 1.35. The Balaban J connectivity index is 1.57. The van der Waals surface area contributed by atoms with E-state index in [0.29, 0.717) is 0 Å². The van der Waals surface area contributed by atoms with Gasteiger partial charge in [-0.15, -0.1) is 0 Å². The van der Waals surface area contributed by atoms with Crippen molar-refractivity contribution in [2.75, 3.05) is 7.11 Å². The van der Waals surface area contributed by atoms with Crippen molar-refractivity contribution in [3.8, 4) is 0 Å². The van der Waals surface area contributed by atoms with Crippen molar-refractivity contribution in [3.63, 3.8) is 0 Å². The highest BCUT2D eigenvalue weighted by molar-refractivity contribution is 5.76. The Morgan fingerprint density at radius 3 is 2.68 bits per heavy atom. The highest BCUT2D eigenvalue weighted by atomic mass is 16.6. The predicted octanol–water partition coefficient (Wildman–Crippen LogP) is 1.63. The predicted molar refractivity (Wildman–Crippen MR) is 77.0 cm³/mol. The molecule has 118 valence electrons. The molecule has 0 unspecified atom stereocenters. The number of benzene rings is 1. The van der Waals surface area contributed by atoms with Crippen LogP contribution in [0.5, 0.6) is 0 Å². The third-order valence-corrected chi connectivity index (χ3v) is 4.24. The molecule has 22 heavy (non-hydrogen) atoms. The van der Waals surface area contributed by atoms with Crippen LogP contribution in [0.15, 0.2) is 30.3 Å². The lowest BCUT2D eigenvalue weighted by molar-refractivity contribution is -0.147. The number of esters is 1. The molecule has 0 aliphatic carbocycles. The van der Waals surface area contributed by atoms with Crippen molar-refractivity contribution in [2.45, 2.75) is 37.7 Å². The second kappa shape index (κ2) is 6.36. The quantitative estimate of drug-likeness (QED) is 0.856. The van der Waals surface area contributed by atoms with Crippen LogP contribution in [0.1, 0.15) is 18.4 Å². The minimum absolute atomic E-state index is 0.140. The largest absolute Gasteiger partial charge is 0.469 e. The lowest BCUT2D eigenvalue weighted by Crippen LogP contribution is -2.50. The number of hydrogen-bond donors (Lipinski definition) is 1. The van der Waals surface area contributed by atoms with E-state index < -0.39 is 12.0 Å². The summed E-state index contributed by atoms with van der Waals surface area (Å²) < 4.78 is 15.7. The highest BCUT2D eigenvalue weighted by Gasteiger charge is 2.53. The Bertz CT molecular complexity index is 547. The maximum absolute atomic E-state index is 12.0. The molecule has 4 atom stereocenters. The van der Waals surface area contributed by atoms with Crippen LogP contribution in [0.3, 0.4) is 0 Å². The maximum Gasteiger partial charge on any atom is 0.407 e.